The van der Waals surface area contributed by atoms with Crippen LogP contribution < -0.4 is 10.1 Å². The van der Waals surface area contributed by atoms with Crippen LogP contribution in [-0.2, 0) is 22.4 Å². The molecule has 1 aromatic heterocycles. The second-order valence-electron chi connectivity index (χ2n) is 6.95. The van der Waals surface area contributed by atoms with Crippen LogP contribution in [0.2, 0.25) is 0 Å². The lowest BCUT2D eigenvalue weighted by Crippen LogP contribution is -2.21. The molecule has 0 atom stereocenters. The summed E-state index contributed by atoms with van der Waals surface area (Å²) in [5.41, 5.74) is 5.18. The van der Waals surface area contributed by atoms with Gasteiger partial charge in [0, 0.05) is 4.88 Å². The number of rotatable bonds is 5. The number of anilines is 1. The number of amides is 1. The van der Waals surface area contributed by atoms with Crippen LogP contribution in [-0.4, -0.2) is 25.6 Å². The van der Waals surface area contributed by atoms with Crippen LogP contribution in [0.15, 0.2) is 48.5 Å². The number of ether oxygens (including phenoxy) is 2. The SMILES string of the molecule is COc1ccc(C)cc1NC(=O)COC(=O)c1cc2c(s1)-c1ccccc1CC2. The molecular formula is C23H21NO4S. The Morgan fingerprint density at radius 1 is 1.07 bits per heavy atom. The summed E-state index contributed by atoms with van der Waals surface area (Å²) in [5.74, 6) is -0.331. The summed E-state index contributed by atoms with van der Waals surface area (Å²) in [6, 6.07) is 15.6. The van der Waals surface area contributed by atoms with Gasteiger partial charge in [-0.25, -0.2) is 4.79 Å². The number of aryl methyl sites for hydroxylation is 3. The van der Waals surface area contributed by atoms with Gasteiger partial charge in [-0.1, -0.05) is 30.3 Å². The monoisotopic (exact) mass is 407 g/mol. The molecule has 0 radical (unpaired) electrons. The van der Waals surface area contributed by atoms with E-state index in [-0.39, 0.29) is 6.61 Å². The number of hydrogen-bond acceptors (Lipinski definition) is 5. The number of carbonyl (C=O) groups excluding carboxylic acids is 2. The zero-order valence-corrected chi connectivity index (χ0v) is 17.1. The van der Waals surface area contributed by atoms with Crippen molar-refractivity contribution in [3.05, 3.63) is 70.1 Å². The van der Waals surface area contributed by atoms with E-state index in [0.717, 1.165) is 28.8 Å². The molecule has 6 heteroatoms. The number of nitrogens with one attached hydrogen (secondary N) is 1. The van der Waals surface area contributed by atoms with Crippen molar-refractivity contribution in [1.29, 1.82) is 0 Å². The summed E-state index contributed by atoms with van der Waals surface area (Å²) in [4.78, 5) is 26.4. The van der Waals surface area contributed by atoms with E-state index in [9.17, 15) is 9.59 Å². The Kier molecular flexibility index (Phi) is 5.36. The van der Waals surface area contributed by atoms with Gasteiger partial charge in [0.1, 0.15) is 10.6 Å². The minimum absolute atomic E-state index is 0.352. The second-order valence-corrected chi connectivity index (χ2v) is 8.00. The standard InChI is InChI=1S/C23H21NO4S/c1-14-7-10-19(27-2)18(11-14)24-21(25)13-28-23(26)20-12-16-9-8-15-5-3-4-6-17(15)22(16)29-20/h3-7,10-12H,8-9,13H2,1-2H3,(H,24,25). The summed E-state index contributed by atoms with van der Waals surface area (Å²) in [6.45, 7) is 1.57. The normalized spacial score (nSPS) is 11.9. The fourth-order valence-corrected chi connectivity index (χ4v) is 4.64. The highest BCUT2D eigenvalue weighted by atomic mass is 32.1. The highest BCUT2D eigenvalue weighted by Crippen LogP contribution is 2.39. The molecule has 0 unspecified atom stereocenters. The smallest absolute Gasteiger partial charge is 0.348 e. The Balaban J connectivity index is 1.42. The van der Waals surface area contributed by atoms with E-state index >= 15 is 0 Å². The van der Waals surface area contributed by atoms with Crippen molar-refractivity contribution in [2.24, 2.45) is 0 Å². The summed E-state index contributed by atoms with van der Waals surface area (Å²) in [7, 11) is 1.54. The fraction of sp³-hybridized carbons (Fsp3) is 0.217. The number of esters is 1. The molecular weight excluding hydrogens is 386 g/mol. The van der Waals surface area contributed by atoms with Crippen molar-refractivity contribution < 1.29 is 19.1 Å². The predicted molar refractivity (Wildman–Crippen MR) is 114 cm³/mol. The molecule has 1 N–H and O–H groups in total. The highest BCUT2D eigenvalue weighted by Gasteiger charge is 2.22. The van der Waals surface area contributed by atoms with Crippen molar-refractivity contribution in [2.75, 3.05) is 19.0 Å². The fourth-order valence-electron chi connectivity index (χ4n) is 3.48. The Labute approximate surface area is 173 Å². The lowest BCUT2D eigenvalue weighted by Gasteiger charge is -2.15. The quantitative estimate of drug-likeness (QED) is 0.627. The van der Waals surface area contributed by atoms with E-state index < -0.39 is 11.9 Å². The van der Waals surface area contributed by atoms with Gasteiger partial charge < -0.3 is 14.8 Å². The third-order valence-electron chi connectivity index (χ3n) is 4.90. The highest BCUT2D eigenvalue weighted by molar-refractivity contribution is 7.17. The molecule has 1 heterocycles. The molecule has 0 saturated heterocycles. The van der Waals surface area contributed by atoms with Gasteiger partial charge in [0.2, 0.25) is 0 Å². The predicted octanol–water partition coefficient (Wildman–Crippen LogP) is 4.63. The molecule has 4 rings (SSSR count). The van der Waals surface area contributed by atoms with Crippen LogP contribution >= 0.6 is 11.3 Å². The largest absolute Gasteiger partial charge is 0.495 e. The molecule has 5 nitrogen and oxygen atoms in total. The third-order valence-corrected chi connectivity index (χ3v) is 6.09. The van der Waals surface area contributed by atoms with Crippen molar-refractivity contribution in [3.63, 3.8) is 0 Å². The summed E-state index contributed by atoms with van der Waals surface area (Å²) in [6.07, 6.45) is 1.87. The van der Waals surface area contributed by atoms with Gasteiger partial charge in [0.25, 0.3) is 5.91 Å². The van der Waals surface area contributed by atoms with Crippen LogP contribution in [0, 0.1) is 6.92 Å². The number of benzene rings is 2. The number of hydrogen-bond donors (Lipinski definition) is 1. The summed E-state index contributed by atoms with van der Waals surface area (Å²) >= 11 is 1.42. The van der Waals surface area contributed by atoms with Crippen LogP contribution in [0.3, 0.4) is 0 Å². The Morgan fingerprint density at radius 3 is 2.69 bits per heavy atom. The van der Waals surface area contributed by atoms with Crippen molar-refractivity contribution in [2.45, 2.75) is 19.8 Å². The molecule has 2 aromatic carbocycles. The molecule has 1 aliphatic rings. The maximum absolute atomic E-state index is 12.5. The first kappa shape index (κ1) is 19.2. The molecule has 0 spiro atoms. The molecule has 3 aromatic rings. The lowest BCUT2D eigenvalue weighted by atomic mass is 9.91. The van der Waals surface area contributed by atoms with Gasteiger partial charge in [-0.2, -0.15) is 0 Å². The number of carbonyl (C=O) groups is 2. The molecule has 0 saturated carbocycles. The average Bonchev–Trinajstić information content (AvgIpc) is 3.17. The maximum Gasteiger partial charge on any atom is 0.348 e. The van der Waals surface area contributed by atoms with Gasteiger partial charge in [-0.15, -0.1) is 11.3 Å². The first-order chi connectivity index (χ1) is 14.0. The van der Waals surface area contributed by atoms with Crippen LogP contribution in [0.1, 0.15) is 26.4 Å². The first-order valence-electron chi connectivity index (χ1n) is 9.38. The Hall–Kier alpha value is -3.12. The van der Waals surface area contributed by atoms with E-state index in [4.69, 9.17) is 9.47 Å². The number of methoxy groups -OCH3 is 1. The molecule has 0 fully saturated rings. The molecule has 0 aliphatic heterocycles. The minimum Gasteiger partial charge on any atom is -0.495 e. The third kappa shape index (κ3) is 4.03. The zero-order chi connectivity index (χ0) is 20.4. The van der Waals surface area contributed by atoms with Gasteiger partial charge in [-0.05, 0) is 60.2 Å². The Morgan fingerprint density at radius 2 is 1.86 bits per heavy atom. The van der Waals surface area contributed by atoms with Crippen molar-refractivity contribution in [3.8, 4) is 16.2 Å². The summed E-state index contributed by atoms with van der Waals surface area (Å²) < 4.78 is 10.5. The first-order valence-corrected chi connectivity index (χ1v) is 10.2. The van der Waals surface area contributed by atoms with Crippen molar-refractivity contribution >= 4 is 28.9 Å². The van der Waals surface area contributed by atoms with E-state index in [2.05, 4.69) is 17.4 Å². The van der Waals surface area contributed by atoms with E-state index in [1.807, 2.05) is 37.3 Å². The zero-order valence-electron chi connectivity index (χ0n) is 16.3. The van der Waals surface area contributed by atoms with E-state index in [0.29, 0.717) is 16.3 Å². The second kappa shape index (κ2) is 8.09. The van der Waals surface area contributed by atoms with Crippen LogP contribution in [0.5, 0.6) is 5.75 Å². The van der Waals surface area contributed by atoms with Crippen molar-refractivity contribution in [1.82, 2.24) is 0 Å². The number of thiophene rings is 1. The number of fused-ring (bicyclic) bond motifs is 3. The maximum atomic E-state index is 12.5. The molecule has 29 heavy (non-hydrogen) atoms. The van der Waals surface area contributed by atoms with Gasteiger partial charge in [0.15, 0.2) is 6.61 Å². The minimum atomic E-state index is -0.478. The van der Waals surface area contributed by atoms with Crippen LogP contribution in [0.25, 0.3) is 10.4 Å². The molecule has 148 valence electrons. The lowest BCUT2D eigenvalue weighted by molar-refractivity contribution is -0.119. The van der Waals surface area contributed by atoms with E-state index in [1.54, 1.807) is 6.07 Å². The molecule has 1 aliphatic carbocycles. The van der Waals surface area contributed by atoms with Gasteiger partial charge in [-0.3, -0.25) is 4.79 Å². The van der Waals surface area contributed by atoms with Crippen LogP contribution in [0.4, 0.5) is 5.69 Å². The molecule has 0 bridgehead atoms. The molecule has 1 amide bonds. The van der Waals surface area contributed by atoms with E-state index in [1.165, 1.54) is 29.6 Å². The van der Waals surface area contributed by atoms with Gasteiger partial charge >= 0.3 is 5.97 Å². The van der Waals surface area contributed by atoms with Gasteiger partial charge in [0.05, 0.1) is 12.8 Å². The average molecular weight is 407 g/mol. The summed E-state index contributed by atoms with van der Waals surface area (Å²) in [5, 5.41) is 2.73. The topological polar surface area (TPSA) is 64.6 Å². The Bertz CT molecular complexity index is 1090.